The molecule has 0 aliphatic heterocycles. The number of hydrogen-bond donors (Lipinski definition) is 2. The van der Waals surface area contributed by atoms with Gasteiger partial charge in [0, 0.05) is 6.07 Å². The molecule has 0 unspecified atom stereocenters. The largest absolute Gasteiger partial charge is 0.460 e. The van der Waals surface area contributed by atoms with Crippen LogP contribution in [0.3, 0.4) is 0 Å². The molecule has 32 heavy (non-hydrogen) atoms. The number of esters is 1. The van der Waals surface area contributed by atoms with Gasteiger partial charge >= 0.3 is 5.97 Å². The van der Waals surface area contributed by atoms with Crippen LogP contribution in [0.1, 0.15) is 43.8 Å². The summed E-state index contributed by atoms with van der Waals surface area (Å²) in [5, 5.41) is 4.18. The molecule has 1 heterocycles. The summed E-state index contributed by atoms with van der Waals surface area (Å²) in [7, 11) is 0. The molecule has 0 atom stereocenters. The number of carbonyl (C=O) groups excluding carboxylic acids is 1. The first-order chi connectivity index (χ1) is 15.1. The Kier molecular flexibility index (Phi) is 6.93. The predicted octanol–water partition coefficient (Wildman–Crippen LogP) is 5.31. The number of ether oxygens (including phenoxy) is 1. The molecule has 168 valence electrons. The Morgan fingerprint density at radius 3 is 2.56 bits per heavy atom. The molecular formula is C24H27N3O4S. The second kappa shape index (κ2) is 9.48. The summed E-state index contributed by atoms with van der Waals surface area (Å²) in [4.78, 5) is 29.7. The lowest BCUT2D eigenvalue weighted by Gasteiger charge is -2.21. The Morgan fingerprint density at radius 2 is 1.94 bits per heavy atom. The Morgan fingerprint density at radius 1 is 1.22 bits per heavy atom. The Balaban J connectivity index is 2.21. The number of aliphatic imine (C=N–C) groups is 1. The molecule has 0 spiro atoms. The maximum Gasteiger partial charge on any atom is 0.374 e. The first-order valence-corrected chi connectivity index (χ1v) is 11.4. The van der Waals surface area contributed by atoms with Gasteiger partial charge in [0.25, 0.3) is 0 Å². The molecule has 0 amide bonds. The number of nitrogens with two attached hydrogens (primary N) is 1. The number of nitrogens with one attached hydrogen (secondary N) is 1. The van der Waals surface area contributed by atoms with Crippen LogP contribution in [0.4, 0.5) is 17.1 Å². The van der Waals surface area contributed by atoms with Crippen molar-refractivity contribution >= 4 is 50.9 Å². The fourth-order valence-corrected chi connectivity index (χ4v) is 3.43. The molecular weight excluding hydrogens is 426 g/mol. The van der Waals surface area contributed by atoms with Crippen LogP contribution >= 0.6 is 11.8 Å². The fourth-order valence-electron chi connectivity index (χ4n) is 3.03. The summed E-state index contributed by atoms with van der Waals surface area (Å²) in [6.07, 6.45) is 1.88. The van der Waals surface area contributed by atoms with E-state index in [0.29, 0.717) is 27.6 Å². The highest BCUT2D eigenvalue weighted by Crippen LogP contribution is 2.32. The summed E-state index contributed by atoms with van der Waals surface area (Å²) < 4.78 is 10.9. The van der Waals surface area contributed by atoms with Gasteiger partial charge in [-0.1, -0.05) is 44.7 Å². The zero-order valence-corrected chi connectivity index (χ0v) is 19.6. The number of amidine groups is 1. The quantitative estimate of drug-likeness (QED) is 0.238. The van der Waals surface area contributed by atoms with Gasteiger partial charge in [-0.15, -0.1) is 0 Å². The van der Waals surface area contributed by atoms with Gasteiger partial charge in [-0.05, 0) is 48.4 Å². The van der Waals surface area contributed by atoms with Gasteiger partial charge in [-0.3, -0.25) is 4.79 Å². The normalized spacial score (nSPS) is 12.1. The summed E-state index contributed by atoms with van der Waals surface area (Å²) in [5.74, 6) is -0.834. The smallest absolute Gasteiger partial charge is 0.374 e. The van der Waals surface area contributed by atoms with Crippen molar-refractivity contribution in [3.63, 3.8) is 0 Å². The molecule has 0 fully saturated rings. The van der Waals surface area contributed by atoms with Crippen LogP contribution in [0.25, 0.3) is 11.0 Å². The van der Waals surface area contributed by atoms with Crippen LogP contribution in [0.2, 0.25) is 0 Å². The van der Waals surface area contributed by atoms with E-state index >= 15 is 0 Å². The van der Waals surface area contributed by atoms with E-state index in [9.17, 15) is 9.59 Å². The molecule has 8 heteroatoms. The molecule has 2 aromatic carbocycles. The number of benzene rings is 2. The van der Waals surface area contributed by atoms with Gasteiger partial charge < -0.3 is 20.2 Å². The van der Waals surface area contributed by atoms with Crippen LogP contribution in [-0.4, -0.2) is 24.0 Å². The monoisotopic (exact) mass is 453 g/mol. The zero-order chi connectivity index (χ0) is 23.5. The zero-order valence-electron chi connectivity index (χ0n) is 18.8. The number of anilines is 2. The minimum Gasteiger partial charge on any atom is -0.460 e. The highest BCUT2D eigenvalue weighted by atomic mass is 32.2. The van der Waals surface area contributed by atoms with E-state index < -0.39 is 5.97 Å². The molecule has 3 rings (SSSR count). The number of carbonyl (C=O) groups is 1. The van der Waals surface area contributed by atoms with Crippen molar-refractivity contribution in [2.75, 3.05) is 23.9 Å². The first kappa shape index (κ1) is 23.4. The number of hydrogen-bond acceptors (Lipinski definition) is 7. The highest BCUT2D eigenvalue weighted by molar-refractivity contribution is 8.13. The lowest BCUT2D eigenvalue weighted by Crippen LogP contribution is -2.16. The van der Waals surface area contributed by atoms with Crippen molar-refractivity contribution in [2.45, 2.75) is 33.1 Å². The molecule has 0 aliphatic rings. The van der Waals surface area contributed by atoms with Crippen LogP contribution in [0.15, 0.2) is 56.7 Å². The van der Waals surface area contributed by atoms with Crippen LogP contribution in [0, 0.1) is 0 Å². The van der Waals surface area contributed by atoms with Crippen LogP contribution < -0.4 is 16.5 Å². The average Bonchev–Trinajstić information content (AvgIpc) is 2.74. The molecule has 0 bridgehead atoms. The summed E-state index contributed by atoms with van der Waals surface area (Å²) >= 11 is 1.38. The Labute approximate surface area is 191 Å². The average molecular weight is 454 g/mol. The van der Waals surface area contributed by atoms with Crippen molar-refractivity contribution in [3.8, 4) is 0 Å². The van der Waals surface area contributed by atoms with Gasteiger partial charge in [0.2, 0.25) is 5.76 Å². The lowest BCUT2D eigenvalue weighted by molar-refractivity contribution is 0.0490. The first-order valence-electron chi connectivity index (χ1n) is 10.2. The molecule has 0 saturated heterocycles. The summed E-state index contributed by atoms with van der Waals surface area (Å²) in [5.41, 5.74) is 8.38. The van der Waals surface area contributed by atoms with E-state index in [1.165, 1.54) is 17.8 Å². The number of rotatable bonds is 4. The van der Waals surface area contributed by atoms with Crippen molar-refractivity contribution in [2.24, 2.45) is 4.99 Å². The van der Waals surface area contributed by atoms with Crippen LogP contribution in [0.5, 0.6) is 0 Å². The fraction of sp³-hybridized carbons (Fsp3) is 0.292. The number of fused-ring (bicyclic) bond motifs is 1. The molecule has 0 aliphatic carbocycles. The maximum absolute atomic E-state index is 12.9. The third kappa shape index (κ3) is 5.13. The van der Waals surface area contributed by atoms with E-state index in [0.717, 1.165) is 5.56 Å². The van der Waals surface area contributed by atoms with Gasteiger partial charge in [0.05, 0.1) is 29.1 Å². The number of para-hydroxylation sites is 2. The second-order valence-electron chi connectivity index (χ2n) is 8.15. The van der Waals surface area contributed by atoms with Gasteiger partial charge in [0.1, 0.15) is 0 Å². The van der Waals surface area contributed by atoms with E-state index in [1.807, 2.05) is 30.5 Å². The van der Waals surface area contributed by atoms with E-state index in [1.54, 1.807) is 19.1 Å². The molecule has 7 nitrogen and oxygen atoms in total. The van der Waals surface area contributed by atoms with E-state index in [2.05, 4.69) is 31.1 Å². The Hall–Kier alpha value is -3.26. The van der Waals surface area contributed by atoms with Crippen molar-refractivity contribution < 1.29 is 13.9 Å². The maximum atomic E-state index is 12.9. The molecule has 1 aromatic heterocycles. The third-order valence-electron chi connectivity index (χ3n) is 4.76. The third-order valence-corrected chi connectivity index (χ3v) is 5.34. The number of thioether (sulfide) groups is 1. The molecule has 3 N–H and O–H groups in total. The SMILES string of the molecule is CCOC(=O)c1cc(=O)c2cc(C(C)(C)C)cc(NC(=Nc3ccccc3N)SC)c2o1. The predicted molar refractivity (Wildman–Crippen MR) is 132 cm³/mol. The lowest BCUT2D eigenvalue weighted by atomic mass is 9.86. The second-order valence-corrected chi connectivity index (χ2v) is 8.95. The summed E-state index contributed by atoms with van der Waals surface area (Å²) in [6, 6.07) is 12.2. The number of nitrogen functional groups attached to an aromatic ring is 1. The topological polar surface area (TPSA) is 107 Å². The van der Waals surface area contributed by atoms with Crippen molar-refractivity contribution in [1.29, 1.82) is 0 Å². The van der Waals surface area contributed by atoms with Gasteiger partial charge in [-0.25, -0.2) is 9.79 Å². The minimum absolute atomic E-state index is 0.147. The van der Waals surface area contributed by atoms with Crippen LogP contribution in [-0.2, 0) is 10.2 Å². The molecule has 0 radical (unpaired) electrons. The highest BCUT2D eigenvalue weighted by Gasteiger charge is 2.21. The standard InChI is InChI=1S/C24H27N3O4S/c1-6-30-22(29)20-13-19(28)15-11-14(24(2,3)4)12-18(21(15)31-20)27-23(32-5)26-17-10-8-7-9-16(17)25/h7-13H,6,25H2,1-5H3,(H,26,27). The van der Waals surface area contributed by atoms with E-state index in [-0.39, 0.29) is 28.8 Å². The Bertz CT molecular complexity index is 1240. The van der Waals surface area contributed by atoms with Crippen molar-refractivity contribution in [1.82, 2.24) is 0 Å². The van der Waals surface area contributed by atoms with Gasteiger partial charge in [0.15, 0.2) is 16.2 Å². The van der Waals surface area contributed by atoms with E-state index in [4.69, 9.17) is 14.9 Å². The minimum atomic E-state index is -0.687. The number of nitrogens with zero attached hydrogens (tertiary/aromatic N) is 1. The van der Waals surface area contributed by atoms with Crippen molar-refractivity contribution in [3.05, 3.63) is 64.0 Å². The molecule has 3 aromatic rings. The summed E-state index contributed by atoms with van der Waals surface area (Å²) in [6.45, 7) is 8.04. The molecule has 0 saturated carbocycles. The van der Waals surface area contributed by atoms with Gasteiger partial charge in [-0.2, -0.15) is 0 Å².